The fourth-order valence-electron chi connectivity index (χ4n) is 2.29. The molecule has 0 aliphatic rings. The third-order valence-corrected chi connectivity index (χ3v) is 3.62. The van der Waals surface area contributed by atoms with Gasteiger partial charge in [0.25, 0.3) is 5.91 Å². The van der Waals surface area contributed by atoms with Gasteiger partial charge >= 0.3 is 0 Å². The lowest BCUT2D eigenvalue weighted by atomic mass is 10.2. The van der Waals surface area contributed by atoms with Crippen LogP contribution in [0.25, 0.3) is 0 Å². The van der Waals surface area contributed by atoms with Gasteiger partial charge in [0.1, 0.15) is 17.5 Å². The minimum absolute atomic E-state index is 0.138. The van der Waals surface area contributed by atoms with E-state index in [0.717, 1.165) is 12.1 Å². The Balaban J connectivity index is 1.70. The van der Waals surface area contributed by atoms with Gasteiger partial charge in [0.2, 0.25) is 0 Å². The second kappa shape index (κ2) is 7.69. The first-order valence-electron chi connectivity index (χ1n) is 7.71. The van der Waals surface area contributed by atoms with Crippen molar-refractivity contribution < 1.29 is 18.0 Å². The van der Waals surface area contributed by atoms with E-state index in [1.165, 1.54) is 24.5 Å². The summed E-state index contributed by atoms with van der Waals surface area (Å²) in [6.07, 6.45) is 2.79. The highest BCUT2D eigenvalue weighted by Crippen LogP contribution is 2.17. The first-order valence-corrected chi connectivity index (χ1v) is 7.71. The molecule has 1 heterocycles. The van der Waals surface area contributed by atoms with Crippen molar-refractivity contribution in [2.24, 2.45) is 0 Å². The SMILES string of the molecule is O=C(Nc1ccc(F)cc1F)c1cncc(NCc2ccccc2F)c1. The van der Waals surface area contributed by atoms with E-state index in [9.17, 15) is 18.0 Å². The van der Waals surface area contributed by atoms with Crippen molar-refractivity contribution >= 4 is 17.3 Å². The highest BCUT2D eigenvalue weighted by molar-refractivity contribution is 6.04. The van der Waals surface area contributed by atoms with E-state index in [4.69, 9.17) is 0 Å². The van der Waals surface area contributed by atoms with Crippen molar-refractivity contribution in [1.29, 1.82) is 0 Å². The lowest BCUT2D eigenvalue weighted by Crippen LogP contribution is -2.14. The van der Waals surface area contributed by atoms with Gasteiger partial charge in [0.05, 0.1) is 16.9 Å². The smallest absolute Gasteiger partial charge is 0.257 e. The second-order valence-corrected chi connectivity index (χ2v) is 5.49. The first-order chi connectivity index (χ1) is 12.5. The fraction of sp³-hybridized carbons (Fsp3) is 0.0526. The topological polar surface area (TPSA) is 54.0 Å². The molecule has 1 amide bonds. The molecule has 132 valence electrons. The maximum atomic E-state index is 13.6. The summed E-state index contributed by atoms with van der Waals surface area (Å²) < 4.78 is 40.2. The molecule has 0 fully saturated rings. The van der Waals surface area contributed by atoms with E-state index in [0.29, 0.717) is 17.3 Å². The number of aromatic nitrogens is 1. The number of rotatable bonds is 5. The summed E-state index contributed by atoms with van der Waals surface area (Å²) in [5.74, 6) is -2.55. The Kier molecular flexibility index (Phi) is 5.17. The van der Waals surface area contributed by atoms with Crippen molar-refractivity contribution in [1.82, 2.24) is 4.98 Å². The number of halogens is 3. The molecule has 2 N–H and O–H groups in total. The Bertz CT molecular complexity index is 947. The average molecular weight is 357 g/mol. The van der Waals surface area contributed by atoms with Crippen molar-refractivity contribution in [2.45, 2.75) is 6.54 Å². The zero-order chi connectivity index (χ0) is 18.5. The van der Waals surface area contributed by atoms with Crippen LogP contribution in [0.15, 0.2) is 60.9 Å². The molecule has 0 saturated carbocycles. The minimum atomic E-state index is -0.875. The van der Waals surface area contributed by atoms with Crippen LogP contribution < -0.4 is 10.6 Å². The van der Waals surface area contributed by atoms with Gasteiger partial charge < -0.3 is 10.6 Å². The number of benzene rings is 2. The highest BCUT2D eigenvalue weighted by atomic mass is 19.1. The molecule has 0 saturated heterocycles. The molecule has 0 radical (unpaired) electrons. The molecule has 2 aromatic carbocycles. The molecule has 0 unspecified atom stereocenters. The summed E-state index contributed by atoms with van der Waals surface area (Å²) in [5.41, 5.74) is 1.00. The van der Waals surface area contributed by atoms with Crippen LogP contribution in [0, 0.1) is 17.5 Å². The van der Waals surface area contributed by atoms with E-state index in [1.54, 1.807) is 18.2 Å². The number of carbonyl (C=O) groups excluding carboxylic acids is 1. The van der Waals surface area contributed by atoms with Crippen molar-refractivity contribution in [3.8, 4) is 0 Å². The van der Waals surface area contributed by atoms with Gasteiger partial charge in [0, 0.05) is 30.6 Å². The monoisotopic (exact) mass is 357 g/mol. The van der Waals surface area contributed by atoms with Crippen LogP contribution >= 0.6 is 0 Å². The van der Waals surface area contributed by atoms with Crippen molar-refractivity contribution in [3.05, 3.63) is 89.5 Å². The molecule has 26 heavy (non-hydrogen) atoms. The van der Waals surface area contributed by atoms with Gasteiger partial charge in [-0.05, 0) is 24.3 Å². The zero-order valence-corrected chi connectivity index (χ0v) is 13.5. The first kappa shape index (κ1) is 17.5. The third kappa shape index (κ3) is 4.18. The van der Waals surface area contributed by atoms with Crippen molar-refractivity contribution in [2.75, 3.05) is 10.6 Å². The molecule has 3 aromatic rings. The highest BCUT2D eigenvalue weighted by Gasteiger charge is 2.11. The number of hydrogen-bond acceptors (Lipinski definition) is 3. The number of anilines is 2. The van der Waals surface area contributed by atoms with Crippen LogP contribution in [0.2, 0.25) is 0 Å². The average Bonchev–Trinajstić information content (AvgIpc) is 2.63. The summed E-state index contributed by atoms with van der Waals surface area (Å²) in [6.45, 7) is 0.214. The van der Waals surface area contributed by atoms with Crippen molar-refractivity contribution in [3.63, 3.8) is 0 Å². The van der Waals surface area contributed by atoms with Crippen LogP contribution in [0.5, 0.6) is 0 Å². The Morgan fingerprint density at radius 1 is 0.962 bits per heavy atom. The quantitative estimate of drug-likeness (QED) is 0.713. The molecule has 0 bridgehead atoms. The van der Waals surface area contributed by atoms with Gasteiger partial charge in [0.15, 0.2) is 0 Å². The van der Waals surface area contributed by atoms with E-state index >= 15 is 0 Å². The Hall–Kier alpha value is -3.35. The van der Waals surface area contributed by atoms with E-state index < -0.39 is 17.5 Å². The van der Waals surface area contributed by atoms with Gasteiger partial charge in [-0.1, -0.05) is 18.2 Å². The summed E-state index contributed by atoms with van der Waals surface area (Å²) in [5, 5.41) is 5.33. The zero-order valence-electron chi connectivity index (χ0n) is 13.5. The number of pyridine rings is 1. The van der Waals surface area contributed by atoms with Gasteiger partial charge in [-0.2, -0.15) is 0 Å². The predicted octanol–water partition coefficient (Wildman–Crippen LogP) is 4.36. The summed E-state index contributed by atoms with van der Waals surface area (Å²) in [4.78, 5) is 16.2. The number of hydrogen-bond donors (Lipinski definition) is 2. The summed E-state index contributed by atoms with van der Waals surface area (Å²) >= 11 is 0. The molecule has 3 rings (SSSR count). The van der Waals surface area contributed by atoms with Crippen LogP contribution in [-0.2, 0) is 6.54 Å². The normalized spacial score (nSPS) is 10.4. The Labute approximate surface area is 147 Å². The van der Waals surface area contributed by atoms with Gasteiger partial charge in [-0.15, -0.1) is 0 Å². The lowest BCUT2D eigenvalue weighted by Gasteiger charge is -2.10. The number of nitrogens with one attached hydrogen (secondary N) is 2. The molecular weight excluding hydrogens is 343 g/mol. The third-order valence-electron chi connectivity index (χ3n) is 3.62. The predicted molar refractivity (Wildman–Crippen MR) is 92.3 cm³/mol. The molecule has 0 atom stereocenters. The van der Waals surface area contributed by atoms with Crippen LogP contribution in [0.1, 0.15) is 15.9 Å². The lowest BCUT2D eigenvalue weighted by molar-refractivity contribution is 0.102. The van der Waals surface area contributed by atoms with E-state index in [2.05, 4.69) is 15.6 Å². The maximum absolute atomic E-state index is 13.6. The van der Waals surface area contributed by atoms with Crippen LogP contribution in [0.4, 0.5) is 24.5 Å². The van der Waals surface area contributed by atoms with Crippen LogP contribution in [0.3, 0.4) is 0 Å². The summed E-state index contributed by atoms with van der Waals surface area (Å²) in [6, 6.07) is 10.7. The summed E-state index contributed by atoms with van der Waals surface area (Å²) in [7, 11) is 0. The molecule has 0 spiro atoms. The molecule has 1 aromatic heterocycles. The molecule has 7 heteroatoms. The minimum Gasteiger partial charge on any atom is -0.380 e. The Morgan fingerprint density at radius 3 is 2.54 bits per heavy atom. The van der Waals surface area contributed by atoms with E-state index in [-0.39, 0.29) is 23.6 Å². The largest absolute Gasteiger partial charge is 0.380 e. The number of amides is 1. The second-order valence-electron chi connectivity index (χ2n) is 5.49. The van der Waals surface area contributed by atoms with Gasteiger partial charge in [-0.25, -0.2) is 13.2 Å². The molecular formula is C19H14F3N3O. The molecule has 4 nitrogen and oxygen atoms in total. The molecule has 0 aliphatic heterocycles. The van der Waals surface area contributed by atoms with Crippen LogP contribution in [-0.4, -0.2) is 10.9 Å². The standard InChI is InChI=1S/C19H14F3N3O/c20-14-5-6-18(17(22)8-14)25-19(26)13-7-15(11-23-9-13)24-10-12-3-1-2-4-16(12)21/h1-9,11,24H,10H2,(H,25,26). The number of nitrogens with zero attached hydrogens (tertiary/aromatic N) is 1. The van der Waals surface area contributed by atoms with E-state index in [1.807, 2.05) is 0 Å². The Morgan fingerprint density at radius 2 is 1.77 bits per heavy atom. The fourth-order valence-corrected chi connectivity index (χ4v) is 2.29. The maximum Gasteiger partial charge on any atom is 0.257 e. The van der Waals surface area contributed by atoms with Gasteiger partial charge in [-0.3, -0.25) is 9.78 Å². The molecule has 0 aliphatic carbocycles. The number of carbonyl (C=O) groups is 1.